The van der Waals surface area contributed by atoms with Gasteiger partial charge >= 0.3 is 0 Å². The zero-order chi connectivity index (χ0) is 5.82. The molecule has 0 aromatic carbocycles. The van der Waals surface area contributed by atoms with E-state index in [-0.39, 0.29) is 0 Å². The molecule has 0 bridgehead atoms. The lowest BCUT2D eigenvalue weighted by molar-refractivity contribution is 0.279. The summed E-state index contributed by atoms with van der Waals surface area (Å²) in [6.07, 6.45) is 7.31. The first-order valence-corrected chi connectivity index (χ1v) is 2.53. The lowest BCUT2D eigenvalue weighted by Gasteiger charge is -2.03. The van der Waals surface area contributed by atoms with Crippen LogP contribution in [0.25, 0.3) is 0 Å². The molecule has 1 heterocycles. The molecule has 0 atom stereocenters. The summed E-state index contributed by atoms with van der Waals surface area (Å²) >= 11 is 0. The third-order valence-electron chi connectivity index (χ3n) is 0.997. The van der Waals surface area contributed by atoms with Crippen LogP contribution in [0.5, 0.6) is 0 Å². The Morgan fingerprint density at radius 1 is 1.75 bits per heavy atom. The lowest BCUT2D eigenvalue weighted by Crippen LogP contribution is -1.92. The van der Waals surface area contributed by atoms with E-state index < -0.39 is 0 Å². The van der Waals surface area contributed by atoms with Crippen LogP contribution in [0.1, 0.15) is 0 Å². The third kappa shape index (κ3) is 0.997. The van der Waals surface area contributed by atoms with Gasteiger partial charge in [-0.2, -0.15) is 0 Å². The quantitative estimate of drug-likeness (QED) is 0.496. The van der Waals surface area contributed by atoms with Crippen LogP contribution in [0.3, 0.4) is 0 Å². The first kappa shape index (κ1) is 5.16. The Kier molecular flexibility index (Phi) is 1.52. The molecule has 0 aromatic heterocycles. The van der Waals surface area contributed by atoms with E-state index in [1.807, 2.05) is 12.2 Å². The van der Waals surface area contributed by atoms with Gasteiger partial charge in [0.25, 0.3) is 0 Å². The fourth-order valence-electron chi connectivity index (χ4n) is 0.538. The van der Waals surface area contributed by atoms with Crippen molar-refractivity contribution in [3.05, 3.63) is 36.6 Å². The van der Waals surface area contributed by atoms with Gasteiger partial charge in [0.05, 0.1) is 6.26 Å². The van der Waals surface area contributed by atoms with Gasteiger partial charge in [0.15, 0.2) is 0 Å². The van der Waals surface area contributed by atoms with Gasteiger partial charge in [-0.05, 0) is 11.6 Å². The summed E-state index contributed by atoms with van der Waals surface area (Å²) in [7, 11) is 0. The topological polar surface area (TPSA) is 9.23 Å². The van der Waals surface area contributed by atoms with Crippen molar-refractivity contribution >= 4 is 0 Å². The third-order valence-corrected chi connectivity index (χ3v) is 0.997. The summed E-state index contributed by atoms with van der Waals surface area (Å²) in [5, 5.41) is 0. The van der Waals surface area contributed by atoms with E-state index in [2.05, 4.69) is 6.58 Å². The van der Waals surface area contributed by atoms with Gasteiger partial charge in [-0.15, -0.1) is 0 Å². The van der Waals surface area contributed by atoms with E-state index in [9.17, 15) is 0 Å². The molecule has 42 valence electrons. The lowest BCUT2D eigenvalue weighted by atomic mass is 10.2. The summed E-state index contributed by atoms with van der Waals surface area (Å²) in [6, 6.07) is 0. The minimum absolute atomic E-state index is 0.667. The van der Waals surface area contributed by atoms with Crippen molar-refractivity contribution in [2.24, 2.45) is 0 Å². The maximum Gasteiger partial charge on any atom is 0.112 e. The minimum Gasteiger partial charge on any atom is -0.497 e. The van der Waals surface area contributed by atoms with E-state index in [0.29, 0.717) is 6.61 Å². The van der Waals surface area contributed by atoms with Crippen molar-refractivity contribution in [1.82, 2.24) is 0 Å². The van der Waals surface area contributed by atoms with Crippen molar-refractivity contribution in [3.63, 3.8) is 0 Å². The van der Waals surface area contributed by atoms with Crippen LogP contribution in [0.15, 0.2) is 36.6 Å². The van der Waals surface area contributed by atoms with Crippen LogP contribution in [0.4, 0.5) is 0 Å². The normalized spacial score (nSPS) is 16.8. The van der Waals surface area contributed by atoms with Crippen molar-refractivity contribution < 1.29 is 4.74 Å². The number of allylic oxidation sites excluding steroid dienone is 2. The van der Waals surface area contributed by atoms with E-state index >= 15 is 0 Å². The fourth-order valence-corrected chi connectivity index (χ4v) is 0.538. The highest BCUT2D eigenvalue weighted by Gasteiger charge is 1.91. The smallest absolute Gasteiger partial charge is 0.112 e. The molecule has 0 amide bonds. The Bertz CT molecular complexity index is 142. The highest BCUT2D eigenvalue weighted by molar-refractivity contribution is 5.23. The summed E-state index contributed by atoms with van der Waals surface area (Å²) in [5.74, 6) is 0. The Morgan fingerprint density at radius 3 is 3.00 bits per heavy atom. The Balaban J connectivity index is 2.63. The highest BCUT2D eigenvalue weighted by Crippen LogP contribution is 2.02. The van der Waals surface area contributed by atoms with Crippen molar-refractivity contribution in [1.29, 1.82) is 0 Å². The molecule has 0 fully saturated rings. The zero-order valence-electron chi connectivity index (χ0n) is 4.63. The standard InChI is InChI=1S/C7H8O/c1-2-7-4-3-5-8-6-7/h2-5H,1,6H2. The van der Waals surface area contributed by atoms with Crippen LogP contribution in [0.2, 0.25) is 0 Å². The molecule has 8 heavy (non-hydrogen) atoms. The van der Waals surface area contributed by atoms with Gasteiger partial charge in [0.1, 0.15) is 6.61 Å². The van der Waals surface area contributed by atoms with Gasteiger partial charge in [-0.25, -0.2) is 0 Å². The maximum atomic E-state index is 4.95. The molecular weight excluding hydrogens is 100 g/mol. The summed E-state index contributed by atoms with van der Waals surface area (Å²) < 4.78 is 4.95. The average molecular weight is 108 g/mol. The van der Waals surface area contributed by atoms with Gasteiger partial charge in [-0.3, -0.25) is 0 Å². The zero-order valence-corrected chi connectivity index (χ0v) is 4.63. The van der Waals surface area contributed by atoms with Crippen LogP contribution in [-0.2, 0) is 4.74 Å². The largest absolute Gasteiger partial charge is 0.497 e. The average Bonchev–Trinajstić information content (AvgIpc) is 1.90. The molecule has 0 N–H and O–H groups in total. The predicted molar refractivity (Wildman–Crippen MR) is 33.4 cm³/mol. The molecule has 1 aliphatic rings. The highest BCUT2D eigenvalue weighted by atomic mass is 16.5. The molecule has 0 radical (unpaired) electrons. The predicted octanol–water partition coefficient (Wildman–Crippen LogP) is 1.64. The molecule has 1 nitrogen and oxygen atoms in total. The summed E-state index contributed by atoms with van der Waals surface area (Å²) in [5.41, 5.74) is 1.13. The van der Waals surface area contributed by atoms with Crippen LogP contribution < -0.4 is 0 Å². The second-order valence-corrected chi connectivity index (χ2v) is 1.59. The van der Waals surface area contributed by atoms with Crippen LogP contribution >= 0.6 is 0 Å². The maximum absolute atomic E-state index is 4.95. The van der Waals surface area contributed by atoms with Crippen LogP contribution in [0, 0.1) is 0 Å². The van der Waals surface area contributed by atoms with E-state index in [4.69, 9.17) is 4.74 Å². The Morgan fingerprint density at radius 2 is 2.62 bits per heavy atom. The van der Waals surface area contributed by atoms with Gasteiger partial charge < -0.3 is 4.74 Å². The molecule has 1 aliphatic heterocycles. The molecule has 0 unspecified atom stereocenters. The summed E-state index contributed by atoms with van der Waals surface area (Å²) in [4.78, 5) is 0. The minimum atomic E-state index is 0.667. The van der Waals surface area contributed by atoms with E-state index in [0.717, 1.165) is 5.57 Å². The van der Waals surface area contributed by atoms with Crippen molar-refractivity contribution in [2.75, 3.05) is 6.61 Å². The van der Waals surface area contributed by atoms with Crippen LogP contribution in [-0.4, -0.2) is 6.61 Å². The number of hydrogen-bond donors (Lipinski definition) is 0. The molecule has 1 heteroatoms. The first-order valence-electron chi connectivity index (χ1n) is 2.53. The van der Waals surface area contributed by atoms with Crippen molar-refractivity contribution in [2.45, 2.75) is 0 Å². The van der Waals surface area contributed by atoms with Gasteiger partial charge in [-0.1, -0.05) is 18.7 Å². The van der Waals surface area contributed by atoms with E-state index in [1.54, 1.807) is 12.3 Å². The Hall–Kier alpha value is -0.980. The summed E-state index contributed by atoms with van der Waals surface area (Å²) in [6.45, 7) is 4.27. The Labute approximate surface area is 49.0 Å². The van der Waals surface area contributed by atoms with Crippen molar-refractivity contribution in [3.8, 4) is 0 Å². The molecule has 0 saturated carbocycles. The second-order valence-electron chi connectivity index (χ2n) is 1.59. The molecular formula is C7H8O. The fraction of sp³-hybridized carbons (Fsp3) is 0.143. The molecule has 0 saturated heterocycles. The molecule has 1 rings (SSSR count). The monoisotopic (exact) mass is 108 g/mol. The van der Waals surface area contributed by atoms with Gasteiger partial charge in [0.2, 0.25) is 0 Å². The number of ether oxygens (including phenoxy) is 1. The SMILES string of the molecule is C=CC1=CC=COC1. The molecule has 0 spiro atoms. The number of hydrogen-bond acceptors (Lipinski definition) is 1. The second kappa shape index (κ2) is 2.36. The first-order chi connectivity index (χ1) is 3.93. The van der Waals surface area contributed by atoms with E-state index in [1.165, 1.54) is 0 Å². The van der Waals surface area contributed by atoms with Gasteiger partial charge in [0, 0.05) is 0 Å². The molecule has 0 aliphatic carbocycles. The molecule has 0 aromatic rings. The number of rotatable bonds is 1.